The van der Waals surface area contributed by atoms with Gasteiger partial charge in [-0.2, -0.15) is 0 Å². The van der Waals surface area contributed by atoms with Crippen LogP contribution in [-0.4, -0.2) is 40.3 Å². The highest BCUT2D eigenvalue weighted by atomic mass is 16.4. The Kier molecular flexibility index (Phi) is 4.70. The maximum absolute atomic E-state index is 11.3. The van der Waals surface area contributed by atoms with Gasteiger partial charge in [-0.25, -0.2) is 4.79 Å². The molecule has 0 bridgehead atoms. The number of hydrogen-bond donors (Lipinski definition) is 4. The number of hydrogen-bond acceptors (Lipinski definition) is 4. The van der Waals surface area contributed by atoms with Crippen LogP contribution in [0.25, 0.3) is 0 Å². The summed E-state index contributed by atoms with van der Waals surface area (Å²) < 4.78 is 0. The number of nitrogens with two attached hydrogens (primary N) is 1. The van der Waals surface area contributed by atoms with Gasteiger partial charge < -0.3 is 21.3 Å². The Labute approximate surface area is 88.5 Å². The molecule has 0 aromatic carbocycles. The molecule has 1 unspecified atom stereocenters. The topological polar surface area (TPSA) is 113 Å². The number of rotatable bonds is 5. The van der Waals surface area contributed by atoms with E-state index in [0.717, 1.165) is 6.92 Å². The maximum atomic E-state index is 11.3. The number of aliphatic hydroxyl groups is 1. The predicted octanol–water partition coefficient (Wildman–Crippen LogP) is -1.08. The van der Waals surface area contributed by atoms with Crippen molar-refractivity contribution in [1.29, 1.82) is 0 Å². The van der Waals surface area contributed by atoms with Crippen molar-refractivity contribution in [1.82, 2.24) is 5.32 Å². The van der Waals surface area contributed by atoms with Gasteiger partial charge in [-0.05, 0) is 12.8 Å². The molecule has 0 saturated carbocycles. The summed E-state index contributed by atoms with van der Waals surface area (Å²) in [6.07, 6.45) is 0. The van der Waals surface area contributed by atoms with E-state index >= 15 is 0 Å². The fraction of sp³-hybridized carbons (Fsp3) is 0.778. The molecule has 0 aromatic rings. The van der Waals surface area contributed by atoms with E-state index < -0.39 is 23.5 Å². The van der Waals surface area contributed by atoms with Gasteiger partial charge in [-0.15, -0.1) is 0 Å². The van der Waals surface area contributed by atoms with Crippen molar-refractivity contribution in [3.63, 3.8) is 0 Å². The van der Waals surface area contributed by atoms with E-state index in [1.807, 2.05) is 0 Å². The molecule has 0 spiro atoms. The van der Waals surface area contributed by atoms with E-state index in [4.69, 9.17) is 10.8 Å². The van der Waals surface area contributed by atoms with Gasteiger partial charge in [0.25, 0.3) is 0 Å². The van der Waals surface area contributed by atoms with Crippen molar-refractivity contribution in [2.75, 3.05) is 6.54 Å². The molecule has 0 aliphatic rings. The molecule has 6 nitrogen and oxygen atoms in total. The Morgan fingerprint density at radius 2 is 1.93 bits per heavy atom. The quantitative estimate of drug-likeness (QED) is 0.469. The molecule has 0 aromatic heterocycles. The molecule has 0 radical (unpaired) electrons. The Hall–Kier alpha value is -1.14. The van der Waals surface area contributed by atoms with Crippen LogP contribution in [0.5, 0.6) is 0 Å². The van der Waals surface area contributed by atoms with Crippen molar-refractivity contribution in [3.05, 3.63) is 0 Å². The van der Waals surface area contributed by atoms with Gasteiger partial charge in [0.05, 0.1) is 12.6 Å². The molecular formula is C9H18N2O4. The number of carbonyl (C=O) groups is 2. The lowest BCUT2D eigenvalue weighted by atomic mass is 10.0. The van der Waals surface area contributed by atoms with Crippen molar-refractivity contribution in [2.45, 2.75) is 32.4 Å². The van der Waals surface area contributed by atoms with Crippen molar-refractivity contribution in [2.24, 2.45) is 11.7 Å². The largest absolute Gasteiger partial charge is 0.479 e. The number of carbonyl (C=O) groups excluding carboxylic acids is 1. The second-order valence-corrected chi connectivity index (χ2v) is 4.07. The summed E-state index contributed by atoms with van der Waals surface area (Å²) in [5, 5.41) is 20.2. The third-order valence-electron chi connectivity index (χ3n) is 2.09. The molecule has 0 fully saturated rings. The van der Waals surface area contributed by atoms with Crippen LogP contribution in [0, 0.1) is 5.92 Å². The number of amides is 1. The second kappa shape index (κ2) is 5.09. The highest BCUT2D eigenvalue weighted by molar-refractivity contribution is 5.83. The van der Waals surface area contributed by atoms with Gasteiger partial charge in [0, 0.05) is 0 Å². The zero-order valence-electron chi connectivity index (χ0n) is 9.15. The van der Waals surface area contributed by atoms with Gasteiger partial charge in [0.1, 0.15) is 0 Å². The van der Waals surface area contributed by atoms with Gasteiger partial charge in [0.15, 0.2) is 5.60 Å². The first-order valence-corrected chi connectivity index (χ1v) is 4.67. The molecular weight excluding hydrogens is 200 g/mol. The van der Waals surface area contributed by atoms with E-state index in [9.17, 15) is 14.7 Å². The minimum atomic E-state index is -1.97. The van der Waals surface area contributed by atoms with E-state index in [2.05, 4.69) is 5.32 Å². The Balaban J connectivity index is 4.18. The fourth-order valence-corrected chi connectivity index (χ4v) is 0.755. The predicted molar refractivity (Wildman–Crippen MR) is 54.1 cm³/mol. The molecule has 0 aliphatic carbocycles. The second-order valence-electron chi connectivity index (χ2n) is 4.07. The van der Waals surface area contributed by atoms with Gasteiger partial charge in [-0.1, -0.05) is 13.8 Å². The van der Waals surface area contributed by atoms with Crippen LogP contribution < -0.4 is 11.1 Å². The molecule has 0 rings (SSSR count). The molecule has 2 atom stereocenters. The zero-order valence-corrected chi connectivity index (χ0v) is 9.15. The van der Waals surface area contributed by atoms with Crippen LogP contribution in [0.4, 0.5) is 0 Å². The van der Waals surface area contributed by atoms with Gasteiger partial charge >= 0.3 is 5.97 Å². The smallest absolute Gasteiger partial charge is 0.337 e. The van der Waals surface area contributed by atoms with Crippen LogP contribution in [0.15, 0.2) is 0 Å². The molecule has 1 amide bonds. The minimum Gasteiger partial charge on any atom is -0.479 e. The third-order valence-corrected chi connectivity index (χ3v) is 2.09. The van der Waals surface area contributed by atoms with E-state index in [-0.39, 0.29) is 12.5 Å². The van der Waals surface area contributed by atoms with E-state index in [1.54, 1.807) is 13.8 Å². The summed E-state index contributed by atoms with van der Waals surface area (Å²) in [5.41, 5.74) is 3.56. The van der Waals surface area contributed by atoms with Crippen molar-refractivity contribution in [3.8, 4) is 0 Å². The summed E-state index contributed by atoms with van der Waals surface area (Å²) in [5.74, 6) is -1.90. The van der Waals surface area contributed by atoms with Crippen molar-refractivity contribution >= 4 is 11.9 Å². The molecule has 0 saturated heterocycles. The Morgan fingerprint density at radius 1 is 1.47 bits per heavy atom. The molecule has 15 heavy (non-hydrogen) atoms. The summed E-state index contributed by atoms with van der Waals surface area (Å²) in [6, 6.07) is -0.699. The first-order chi connectivity index (χ1) is 6.68. The monoisotopic (exact) mass is 218 g/mol. The lowest BCUT2D eigenvalue weighted by Gasteiger charge is -2.21. The number of carboxylic acids is 1. The van der Waals surface area contributed by atoms with Crippen LogP contribution in [0.3, 0.4) is 0 Å². The molecule has 88 valence electrons. The fourth-order valence-electron chi connectivity index (χ4n) is 0.755. The Bertz CT molecular complexity index is 250. The average Bonchev–Trinajstić information content (AvgIpc) is 2.12. The standard InChI is InChI=1S/C9H18N2O4/c1-5(2)6(10)7(12)11-4-9(3,15)8(13)14/h5-6,15H,4,10H2,1-3H3,(H,11,12)(H,13,14)/t6-,9?/m0/s1. The van der Waals surface area contributed by atoms with Crippen LogP contribution >= 0.6 is 0 Å². The zero-order chi connectivity index (χ0) is 12.2. The Morgan fingerprint density at radius 3 is 2.27 bits per heavy atom. The number of aliphatic carboxylic acids is 1. The lowest BCUT2D eigenvalue weighted by molar-refractivity contribution is -0.156. The molecule has 6 heteroatoms. The molecule has 0 heterocycles. The number of nitrogens with one attached hydrogen (secondary N) is 1. The van der Waals surface area contributed by atoms with Gasteiger partial charge in [0.2, 0.25) is 5.91 Å². The van der Waals surface area contributed by atoms with Crippen molar-refractivity contribution < 1.29 is 19.8 Å². The maximum Gasteiger partial charge on any atom is 0.337 e. The summed E-state index contributed by atoms with van der Waals surface area (Å²) in [7, 11) is 0. The highest BCUT2D eigenvalue weighted by Crippen LogP contribution is 2.02. The van der Waals surface area contributed by atoms with E-state index in [1.165, 1.54) is 0 Å². The summed E-state index contributed by atoms with van der Waals surface area (Å²) in [6.45, 7) is 4.30. The van der Waals surface area contributed by atoms with Crippen LogP contribution in [0.1, 0.15) is 20.8 Å². The van der Waals surface area contributed by atoms with Crippen LogP contribution in [-0.2, 0) is 9.59 Å². The third kappa shape index (κ3) is 4.26. The normalized spacial score (nSPS) is 16.9. The van der Waals surface area contributed by atoms with Gasteiger partial charge in [-0.3, -0.25) is 4.79 Å². The summed E-state index contributed by atoms with van der Waals surface area (Å²) >= 11 is 0. The first-order valence-electron chi connectivity index (χ1n) is 4.67. The van der Waals surface area contributed by atoms with Crippen LogP contribution in [0.2, 0.25) is 0 Å². The van der Waals surface area contributed by atoms with E-state index in [0.29, 0.717) is 0 Å². The summed E-state index contributed by atoms with van der Waals surface area (Å²) in [4.78, 5) is 21.8. The lowest BCUT2D eigenvalue weighted by Crippen LogP contribution is -2.51. The average molecular weight is 218 g/mol. The molecule has 5 N–H and O–H groups in total. The minimum absolute atomic E-state index is 0.0419. The SMILES string of the molecule is CC(C)[C@H](N)C(=O)NCC(C)(O)C(=O)O. The number of carboxylic acid groups (broad SMARTS) is 1. The first kappa shape index (κ1) is 13.9. The molecule has 0 aliphatic heterocycles. The highest BCUT2D eigenvalue weighted by Gasteiger charge is 2.31.